The molecule has 1 aromatic rings. The van der Waals surface area contributed by atoms with Crippen molar-refractivity contribution < 1.29 is 9.53 Å². The average Bonchev–Trinajstić information content (AvgIpc) is 3.30. The van der Waals surface area contributed by atoms with E-state index in [1.807, 2.05) is 4.90 Å². The Morgan fingerprint density at radius 3 is 2.96 bits per heavy atom. The minimum atomic E-state index is 0.210. The highest BCUT2D eigenvalue weighted by atomic mass is 32.1. The zero-order chi connectivity index (χ0) is 16.6. The quantitative estimate of drug-likeness (QED) is 0.840. The lowest BCUT2D eigenvalue weighted by atomic mass is 9.76. The molecule has 0 bridgehead atoms. The van der Waals surface area contributed by atoms with Crippen LogP contribution in [0.5, 0.6) is 0 Å². The number of nitrogens with zero attached hydrogens (tertiary/aromatic N) is 3. The average molecular weight is 350 g/mol. The molecule has 3 aliphatic rings. The van der Waals surface area contributed by atoms with E-state index in [0.717, 1.165) is 51.3 Å². The van der Waals surface area contributed by atoms with Gasteiger partial charge in [0, 0.05) is 36.6 Å². The lowest BCUT2D eigenvalue weighted by Gasteiger charge is -2.36. The number of aryl methyl sites for hydroxylation is 1. The minimum absolute atomic E-state index is 0.210. The van der Waals surface area contributed by atoms with Gasteiger partial charge in [0.2, 0.25) is 5.91 Å². The molecule has 1 spiro atoms. The van der Waals surface area contributed by atoms with Gasteiger partial charge >= 0.3 is 0 Å². The second-order valence-electron chi connectivity index (χ2n) is 7.59. The molecule has 5 nitrogen and oxygen atoms in total. The number of ether oxygens (including phenoxy) is 1. The highest BCUT2D eigenvalue weighted by Gasteiger charge is 2.51. The zero-order valence-corrected chi connectivity index (χ0v) is 15.3. The van der Waals surface area contributed by atoms with Crippen LogP contribution in [0, 0.1) is 18.3 Å². The third-order valence-electron chi connectivity index (χ3n) is 6.02. The molecule has 1 aromatic heterocycles. The van der Waals surface area contributed by atoms with E-state index in [0.29, 0.717) is 19.1 Å². The molecule has 3 fully saturated rings. The van der Waals surface area contributed by atoms with E-state index in [1.165, 1.54) is 17.8 Å². The van der Waals surface area contributed by atoms with Crippen LogP contribution in [0.2, 0.25) is 0 Å². The van der Waals surface area contributed by atoms with Crippen molar-refractivity contribution in [2.75, 3.05) is 39.4 Å². The molecule has 2 atom stereocenters. The fraction of sp³-hybridized carbons (Fsp3) is 0.778. The number of rotatable bonds is 3. The van der Waals surface area contributed by atoms with E-state index in [4.69, 9.17) is 4.74 Å². The Labute approximate surface area is 148 Å². The molecule has 0 aromatic carbocycles. The van der Waals surface area contributed by atoms with Gasteiger partial charge in [0.25, 0.3) is 0 Å². The van der Waals surface area contributed by atoms with Crippen molar-refractivity contribution >= 4 is 17.2 Å². The molecule has 0 unspecified atom stereocenters. The molecule has 132 valence electrons. The van der Waals surface area contributed by atoms with E-state index >= 15 is 0 Å². The number of carbonyl (C=O) groups is 1. The van der Waals surface area contributed by atoms with Gasteiger partial charge in [-0.15, -0.1) is 11.3 Å². The first-order valence-corrected chi connectivity index (χ1v) is 10.0. The third kappa shape index (κ3) is 3.11. The maximum absolute atomic E-state index is 13.1. The van der Waals surface area contributed by atoms with Gasteiger partial charge in [0.1, 0.15) is 5.01 Å². The van der Waals surface area contributed by atoms with Crippen LogP contribution in [0.1, 0.15) is 36.4 Å². The molecule has 2 aliphatic heterocycles. The van der Waals surface area contributed by atoms with Crippen LogP contribution in [0.3, 0.4) is 0 Å². The summed E-state index contributed by atoms with van der Waals surface area (Å²) in [7, 11) is 0. The lowest BCUT2D eigenvalue weighted by Crippen LogP contribution is -2.47. The van der Waals surface area contributed by atoms with Crippen LogP contribution in [0.25, 0.3) is 0 Å². The van der Waals surface area contributed by atoms with E-state index < -0.39 is 0 Å². The number of hydrogen-bond acceptors (Lipinski definition) is 5. The molecule has 6 heteroatoms. The molecule has 4 rings (SSSR count). The Kier molecular flexibility index (Phi) is 4.62. The maximum Gasteiger partial charge on any atom is 0.226 e. The minimum Gasteiger partial charge on any atom is -0.378 e. The molecule has 3 heterocycles. The standard InChI is InChI=1S/C18H27N3O2S/c1-14-12-24-16(19-14)11-20-6-5-18(13-20)4-2-3-15(18)17(22)21-7-9-23-10-8-21/h12,15H,2-11,13H2,1H3/t15-,18+/m1/s1. The molecular weight excluding hydrogens is 322 g/mol. The summed E-state index contributed by atoms with van der Waals surface area (Å²) in [5, 5.41) is 3.33. The summed E-state index contributed by atoms with van der Waals surface area (Å²) in [5.74, 6) is 0.612. The molecule has 0 N–H and O–H groups in total. The van der Waals surface area contributed by atoms with Crippen LogP contribution in [-0.2, 0) is 16.1 Å². The van der Waals surface area contributed by atoms with E-state index in [-0.39, 0.29) is 11.3 Å². The number of amides is 1. The summed E-state index contributed by atoms with van der Waals surface area (Å²) >= 11 is 1.76. The third-order valence-corrected chi connectivity index (χ3v) is 6.97. The summed E-state index contributed by atoms with van der Waals surface area (Å²) in [6, 6.07) is 0. The van der Waals surface area contributed by atoms with Crippen molar-refractivity contribution in [2.24, 2.45) is 11.3 Å². The van der Waals surface area contributed by atoms with Gasteiger partial charge in [-0.25, -0.2) is 4.98 Å². The summed E-state index contributed by atoms with van der Waals surface area (Å²) in [6.45, 7) is 8.10. The maximum atomic E-state index is 13.1. The van der Waals surface area contributed by atoms with Crippen LogP contribution in [0.15, 0.2) is 5.38 Å². The number of morpholine rings is 1. The Balaban J connectivity index is 1.43. The molecule has 0 radical (unpaired) electrons. The highest BCUT2D eigenvalue weighted by molar-refractivity contribution is 7.09. The SMILES string of the molecule is Cc1csc(CN2CC[C@@]3(CCC[C@@H]3C(=O)N3CCOCC3)C2)n1. The second kappa shape index (κ2) is 6.73. The van der Waals surface area contributed by atoms with Gasteiger partial charge in [-0.2, -0.15) is 0 Å². The molecule has 1 aliphatic carbocycles. The fourth-order valence-electron chi connectivity index (χ4n) is 4.80. The number of carbonyl (C=O) groups excluding carboxylic acids is 1. The van der Waals surface area contributed by atoms with Gasteiger partial charge in [0.15, 0.2) is 0 Å². The number of aromatic nitrogens is 1. The Morgan fingerprint density at radius 2 is 2.21 bits per heavy atom. The van der Waals surface area contributed by atoms with Crippen molar-refractivity contribution in [1.29, 1.82) is 0 Å². The summed E-state index contributed by atoms with van der Waals surface area (Å²) in [6.07, 6.45) is 4.64. The number of hydrogen-bond donors (Lipinski definition) is 0. The van der Waals surface area contributed by atoms with Crippen LogP contribution >= 0.6 is 11.3 Å². The normalized spacial score (nSPS) is 31.2. The number of likely N-dealkylation sites (tertiary alicyclic amines) is 1. The number of thiazole rings is 1. The molecule has 1 amide bonds. The molecular formula is C18H27N3O2S. The summed E-state index contributed by atoms with van der Waals surface area (Å²) < 4.78 is 5.41. The van der Waals surface area contributed by atoms with Crippen molar-refractivity contribution in [3.05, 3.63) is 16.1 Å². The van der Waals surface area contributed by atoms with Gasteiger partial charge < -0.3 is 9.64 Å². The molecule has 1 saturated carbocycles. The van der Waals surface area contributed by atoms with Crippen molar-refractivity contribution in [3.63, 3.8) is 0 Å². The lowest BCUT2D eigenvalue weighted by molar-refractivity contribution is -0.143. The predicted octanol–water partition coefficient (Wildman–Crippen LogP) is 2.30. The van der Waals surface area contributed by atoms with Gasteiger partial charge in [-0.3, -0.25) is 9.69 Å². The Morgan fingerprint density at radius 1 is 1.38 bits per heavy atom. The fourth-order valence-corrected chi connectivity index (χ4v) is 5.62. The van der Waals surface area contributed by atoms with Crippen LogP contribution < -0.4 is 0 Å². The smallest absolute Gasteiger partial charge is 0.226 e. The van der Waals surface area contributed by atoms with Gasteiger partial charge in [-0.1, -0.05) is 6.42 Å². The van der Waals surface area contributed by atoms with Crippen molar-refractivity contribution in [1.82, 2.24) is 14.8 Å². The second-order valence-corrected chi connectivity index (χ2v) is 8.53. The van der Waals surface area contributed by atoms with Gasteiger partial charge in [0.05, 0.1) is 19.8 Å². The zero-order valence-electron chi connectivity index (χ0n) is 14.5. The predicted molar refractivity (Wildman–Crippen MR) is 93.9 cm³/mol. The van der Waals surface area contributed by atoms with E-state index in [1.54, 1.807) is 11.3 Å². The van der Waals surface area contributed by atoms with Crippen molar-refractivity contribution in [2.45, 2.75) is 39.2 Å². The first-order chi connectivity index (χ1) is 11.7. The largest absolute Gasteiger partial charge is 0.378 e. The monoisotopic (exact) mass is 349 g/mol. The van der Waals surface area contributed by atoms with Crippen molar-refractivity contribution in [3.8, 4) is 0 Å². The van der Waals surface area contributed by atoms with Gasteiger partial charge in [-0.05, 0) is 38.1 Å². The Bertz CT molecular complexity index is 599. The van der Waals surface area contributed by atoms with E-state index in [2.05, 4.69) is 22.2 Å². The van der Waals surface area contributed by atoms with Crippen LogP contribution in [-0.4, -0.2) is 60.1 Å². The molecule has 2 saturated heterocycles. The van der Waals surface area contributed by atoms with Crippen LogP contribution in [0.4, 0.5) is 0 Å². The van der Waals surface area contributed by atoms with E-state index in [9.17, 15) is 4.79 Å². The summed E-state index contributed by atoms with van der Waals surface area (Å²) in [5.41, 5.74) is 1.33. The first-order valence-electron chi connectivity index (χ1n) is 9.16. The first kappa shape index (κ1) is 16.5. The topological polar surface area (TPSA) is 45.7 Å². The molecule has 24 heavy (non-hydrogen) atoms. The summed E-state index contributed by atoms with van der Waals surface area (Å²) in [4.78, 5) is 22.2. The highest BCUT2D eigenvalue weighted by Crippen LogP contribution is 2.50. The Hall–Kier alpha value is -0.980.